The predicted octanol–water partition coefficient (Wildman–Crippen LogP) is 3.57. The first-order valence-corrected chi connectivity index (χ1v) is 6.31. The normalized spacial score (nSPS) is 10.8. The average Bonchev–Trinajstić information content (AvgIpc) is 2.83. The van der Waals surface area contributed by atoms with Crippen LogP contribution in [0.4, 0.5) is 0 Å². The zero-order valence-corrected chi connectivity index (χ0v) is 10.8. The van der Waals surface area contributed by atoms with Crippen molar-refractivity contribution in [3.63, 3.8) is 0 Å². The van der Waals surface area contributed by atoms with E-state index in [0.717, 1.165) is 11.0 Å². The van der Waals surface area contributed by atoms with Crippen LogP contribution < -0.4 is 0 Å². The van der Waals surface area contributed by atoms with Gasteiger partial charge in [0.15, 0.2) is 5.78 Å². The van der Waals surface area contributed by atoms with E-state index in [4.69, 9.17) is 11.6 Å². The number of rotatable bonds is 3. The summed E-state index contributed by atoms with van der Waals surface area (Å²) in [4.78, 5) is 16.5. The lowest BCUT2D eigenvalue weighted by Gasteiger charge is -2.05. The SMILES string of the molecule is O=C(Cn1cnc2ccccc21)c1ccccc1Cl. The van der Waals surface area contributed by atoms with Crippen molar-refractivity contribution in [2.24, 2.45) is 0 Å². The van der Waals surface area contributed by atoms with Crippen molar-refractivity contribution in [1.29, 1.82) is 0 Å². The van der Waals surface area contributed by atoms with Crippen molar-refractivity contribution >= 4 is 28.4 Å². The van der Waals surface area contributed by atoms with Crippen LogP contribution in [-0.4, -0.2) is 15.3 Å². The van der Waals surface area contributed by atoms with Gasteiger partial charge in [0.25, 0.3) is 0 Å². The zero-order chi connectivity index (χ0) is 13.2. The molecule has 0 saturated carbocycles. The van der Waals surface area contributed by atoms with Gasteiger partial charge >= 0.3 is 0 Å². The van der Waals surface area contributed by atoms with E-state index in [1.54, 1.807) is 18.5 Å². The van der Waals surface area contributed by atoms with Crippen molar-refractivity contribution in [3.8, 4) is 0 Å². The lowest BCUT2D eigenvalue weighted by molar-refractivity contribution is 0.0973. The molecular weight excluding hydrogens is 260 g/mol. The van der Waals surface area contributed by atoms with Crippen LogP contribution in [0, 0.1) is 0 Å². The highest BCUT2D eigenvalue weighted by atomic mass is 35.5. The molecule has 1 heterocycles. The van der Waals surface area contributed by atoms with Crippen LogP contribution in [0.5, 0.6) is 0 Å². The van der Waals surface area contributed by atoms with Gasteiger partial charge in [0.1, 0.15) is 0 Å². The number of benzene rings is 2. The van der Waals surface area contributed by atoms with E-state index in [1.165, 1.54) is 0 Å². The second kappa shape index (κ2) is 4.86. The van der Waals surface area contributed by atoms with E-state index in [0.29, 0.717) is 10.6 Å². The molecule has 2 aromatic carbocycles. The molecule has 0 aliphatic carbocycles. The zero-order valence-electron chi connectivity index (χ0n) is 10.1. The number of hydrogen-bond acceptors (Lipinski definition) is 2. The summed E-state index contributed by atoms with van der Waals surface area (Å²) in [7, 11) is 0. The molecule has 0 bridgehead atoms. The lowest BCUT2D eigenvalue weighted by atomic mass is 10.1. The van der Waals surface area contributed by atoms with Crippen LogP contribution >= 0.6 is 11.6 Å². The van der Waals surface area contributed by atoms with E-state index in [-0.39, 0.29) is 12.3 Å². The molecule has 0 spiro atoms. The van der Waals surface area contributed by atoms with E-state index < -0.39 is 0 Å². The van der Waals surface area contributed by atoms with E-state index in [2.05, 4.69) is 4.98 Å². The number of ketones is 1. The highest BCUT2D eigenvalue weighted by Crippen LogP contribution is 2.18. The van der Waals surface area contributed by atoms with Crippen molar-refractivity contribution < 1.29 is 4.79 Å². The van der Waals surface area contributed by atoms with Crippen LogP contribution in [0.1, 0.15) is 10.4 Å². The molecule has 0 unspecified atom stereocenters. The van der Waals surface area contributed by atoms with Crippen LogP contribution in [-0.2, 0) is 6.54 Å². The van der Waals surface area contributed by atoms with Gasteiger partial charge in [0.05, 0.1) is 28.9 Å². The molecule has 0 aliphatic heterocycles. The number of carbonyl (C=O) groups excluding carboxylic acids is 1. The Bertz CT molecular complexity index is 748. The van der Waals surface area contributed by atoms with Crippen molar-refractivity contribution in [2.45, 2.75) is 6.54 Å². The van der Waals surface area contributed by atoms with Gasteiger partial charge in [-0.15, -0.1) is 0 Å². The molecular formula is C15H11ClN2O. The Morgan fingerprint density at radius 1 is 1.11 bits per heavy atom. The molecule has 3 aromatic rings. The largest absolute Gasteiger partial charge is 0.323 e. The number of Topliss-reactive ketones (excluding diaryl/α,β-unsaturated/α-hetero) is 1. The second-order valence-electron chi connectivity index (χ2n) is 4.26. The summed E-state index contributed by atoms with van der Waals surface area (Å²) in [6.45, 7) is 0.240. The van der Waals surface area contributed by atoms with Crippen molar-refractivity contribution in [2.75, 3.05) is 0 Å². The minimum Gasteiger partial charge on any atom is -0.323 e. The predicted molar refractivity (Wildman–Crippen MR) is 75.5 cm³/mol. The van der Waals surface area contributed by atoms with Crippen LogP contribution in [0.15, 0.2) is 54.9 Å². The third-order valence-corrected chi connectivity index (χ3v) is 3.35. The number of carbonyl (C=O) groups is 1. The van der Waals surface area contributed by atoms with Crippen molar-refractivity contribution in [3.05, 3.63) is 65.4 Å². The molecule has 1 aromatic heterocycles. The Kier molecular flexibility index (Phi) is 3.05. The van der Waals surface area contributed by atoms with Gasteiger partial charge in [0.2, 0.25) is 0 Å². The van der Waals surface area contributed by atoms with E-state index in [9.17, 15) is 4.79 Å². The Balaban J connectivity index is 1.94. The topological polar surface area (TPSA) is 34.9 Å². The summed E-state index contributed by atoms with van der Waals surface area (Å²) in [5.74, 6) is -0.0197. The Morgan fingerprint density at radius 3 is 2.68 bits per heavy atom. The summed E-state index contributed by atoms with van der Waals surface area (Å²) < 4.78 is 1.83. The third-order valence-electron chi connectivity index (χ3n) is 3.02. The average molecular weight is 271 g/mol. The van der Waals surface area contributed by atoms with Gasteiger partial charge in [-0.2, -0.15) is 0 Å². The highest BCUT2D eigenvalue weighted by molar-refractivity contribution is 6.33. The third kappa shape index (κ3) is 2.25. The summed E-state index contributed by atoms with van der Waals surface area (Å²) in [6.07, 6.45) is 1.68. The maximum atomic E-state index is 12.2. The highest BCUT2D eigenvalue weighted by Gasteiger charge is 2.11. The number of hydrogen-bond donors (Lipinski definition) is 0. The minimum absolute atomic E-state index is 0.0197. The van der Waals surface area contributed by atoms with Gasteiger partial charge < -0.3 is 4.57 Å². The molecule has 4 heteroatoms. The maximum Gasteiger partial charge on any atom is 0.184 e. The molecule has 0 radical (unpaired) electrons. The summed E-state index contributed by atoms with van der Waals surface area (Å²) in [6, 6.07) is 14.8. The quantitative estimate of drug-likeness (QED) is 0.682. The fraction of sp³-hybridized carbons (Fsp3) is 0.0667. The number of para-hydroxylation sites is 2. The smallest absolute Gasteiger partial charge is 0.184 e. The first kappa shape index (κ1) is 11.9. The van der Waals surface area contributed by atoms with E-state index >= 15 is 0 Å². The minimum atomic E-state index is -0.0197. The second-order valence-corrected chi connectivity index (χ2v) is 4.67. The number of halogens is 1. The Morgan fingerprint density at radius 2 is 1.84 bits per heavy atom. The maximum absolute atomic E-state index is 12.2. The fourth-order valence-electron chi connectivity index (χ4n) is 2.06. The molecule has 0 saturated heterocycles. The number of fused-ring (bicyclic) bond motifs is 1. The number of imidazole rings is 1. The Labute approximate surface area is 115 Å². The molecule has 0 fully saturated rings. The number of aromatic nitrogens is 2. The lowest BCUT2D eigenvalue weighted by Crippen LogP contribution is -2.10. The first-order chi connectivity index (χ1) is 9.25. The molecule has 0 aliphatic rings. The van der Waals surface area contributed by atoms with E-state index in [1.807, 2.05) is 41.0 Å². The molecule has 3 rings (SSSR count). The molecule has 19 heavy (non-hydrogen) atoms. The molecule has 0 atom stereocenters. The fourth-order valence-corrected chi connectivity index (χ4v) is 2.30. The molecule has 0 N–H and O–H groups in total. The van der Waals surface area contributed by atoms with Gasteiger partial charge in [-0.25, -0.2) is 4.98 Å². The summed E-state index contributed by atoms with van der Waals surface area (Å²) in [5, 5.41) is 0.483. The van der Waals surface area contributed by atoms with Gasteiger partial charge in [-0.3, -0.25) is 4.79 Å². The van der Waals surface area contributed by atoms with Gasteiger partial charge in [-0.1, -0.05) is 35.9 Å². The first-order valence-electron chi connectivity index (χ1n) is 5.93. The number of nitrogens with zero attached hydrogens (tertiary/aromatic N) is 2. The molecule has 3 nitrogen and oxygen atoms in total. The van der Waals surface area contributed by atoms with Crippen LogP contribution in [0.3, 0.4) is 0 Å². The Hall–Kier alpha value is -2.13. The standard InChI is InChI=1S/C15H11ClN2O/c16-12-6-2-1-5-11(12)15(19)9-18-10-17-13-7-3-4-8-14(13)18/h1-8,10H,9H2. The molecule has 94 valence electrons. The van der Waals surface area contributed by atoms with Crippen LogP contribution in [0.25, 0.3) is 11.0 Å². The monoisotopic (exact) mass is 270 g/mol. The van der Waals surface area contributed by atoms with Crippen LogP contribution in [0.2, 0.25) is 5.02 Å². The van der Waals surface area contributed by atoms with Gasteiger partial charge in [0, 0.05) is 5.56 Å². The summed E-state index contributed by atoms with van der Waals surface area (Å²) in [5.41, 5.74) is 2.37. The summed E-state index contributed by atoms with van der Waals surface area (Å²) >= 11 is 6.03. The molecule has 0 amide bonds. The van der Waals surface area contributed by atoms with Gasteiger partial charge in [-0.05, 0) is 24.3 Å². The van der Waals surface area contributed by atoms with Crippen molar-refractivity contribution in [1.82, 2.24) is 9.55 Å².